The van der Waals surface area contributed by atoms with Crippen molar-refractivity contribution in [3.8, 4) is 0 Å². The molecule has 0 radical (unpaired) electrons. The molecule has 6 N–H and O–H groups in total. The number of nitrogens with one attached hydrogen (secondary N) is 2. The molecular formula is C10H12N6O2. The molecule has 94 valence electrons. The van der Waals surface area contributed by atoms with Gasteiger partial charge in [-0.3, -0.25) is 0 Å². The van der Waals surface area contributed by atoms with Gasteiger partial charge in [0.15, 0.2) is 0 Å². The Hall–Kier alpha value is -2.90. The Bertz CT molecular complexity index is 452. The van der Waals surface area contributed by atoms with Crippen molar-refractivity contribution >= 4 is 24.5 Å². The summed E-state index contributed by atoms with van der Waals surface area (Å²) in [6.07, 6.45) is 2.80. The third-order valence-electron chi connectivity index (χ3n) is 1.75. The summed E-state index contributed by atoms with van der Waals surface area (Å²) in [6, 6.07) is 5.55. The van der Waals surface area contributed by atoms with E-state index in [0.29, 0.717) is 11.1 Å². The summed E-state index contributed by atoms with van der Waals surface area (Å²) >= 11 is 0. The maximum Gasteiger partial charge on any atom is 0.332 e. The molecule has 1 rings (SSSR count). The summed E-state index contributed by atoms with van der Waals surface area (Å²) in [5, 5.41) is 7.24. The third kappa shape index (κ3) is 4.75. The van der Waals surface area contributed by atoms with Crippen LogP contribution in [0.3, 0.4) is 0 Å². The molecule has 0 spiro atoms. The lowest BCUT2D eigenvalue weighted by Gasteiger charge is -1.99. The van der Waals surface area contributed by atoms with E-state index in [1.165, 1.54) is 12.4 Å². The molecule has 0 saturated carbocycles. The Morgan fingerprint density at radius 2 is 1.33 bits per heavy atom. The lowest BCUT2D eigenvalue weighted by atomic mass is 10.1. The van der Waals surface area contributed by atoms with Crippen LogP contribution in [0.25, 0.3) is 0 Å². The molecule has 0 aromatic heterocycles. The van der Waals surface area contributed by atoms with Crippen LogP contribution in [0.4, 0.5) is 9.59 Å². The normalized spacial score (nSPS) is 10.7. The summed E-state index contributed by atoms with van der Waals surface area (Å²) in [6.45, 7) is 0. The zero-order valence-electron chi connectivity index (χ0n) is 9.33. The third-order valence-corrected chi connectivity index (χ3v) is 1.75. The predicted molar refractivity (Wildman–Crippen MR) is 67.1 cm³/mol. The average Bonchev–Trinajstić information content (AvgIpc) is 2.30. The molecule has 1 aromatic rings. The van der Waals surface area contributed by atoms with E-state index in [1.807, 2.05) is 0 Å². The summed E-state index contributed by atoms with van der Waals surface area (Å²) < 4.78 is 0. The number of carbonyl (C=O) groups is 2. The smallest absolute Gasteiger partial charge is 0.332 e. The number of rotatable bonds is 4. The van der Waals surface area contributed by atoms with Gasteiger partial charge in [0.25, 0.3) is 0 Å². The zero-order valence-corrected chi connectivity index (χ0v) is 9.33. The first-order chi connectivity index (χ1) is 8.59. The van der Waals surface area contributed by atoms with E-state index in [4.69, 9.17) is 11.5 Å². The fourth-order valence-electron chi connectivity index (χ4n) is 1.08. The van der Waals surface area contributed by atoms with Gasteiger partial charge in [0.05, 0.1) is 12.4 Å². The summed E-state index contributed by atoms with van der Waals surface area (Å²) in [4.78, 5) is 20.9. The highest BCUT2D eigenvalue weighted by Gasteiger charge is 1.96. The lowest BCUT2D eigenvalue weighted by molar-refractivity contribution is 0.248. The number of primary amides is 2. The SMILES string of the molecule is NC(=O)NN=Cc1ccccc1C=NNC(N)=O. The van der Waals surface area contributed by atoms with Crippen LogP contribution >= 0.6 is 0 Å². The maximum atomic E-state index is 10.4. The molecule has 0 unspecified atom stereocenters. The van der Waals surface area contributed by atoms with Gasteiger partial charge >= 0.3 is 12.1 Å². The van der Waals surface area contributed by atoms with Gasteiger partial charge in [-0.1, -0.05) is 24.3 Å². The summed E-state index contributed by atoms with van der Waals surface area (Å²) in [5.74, 6) is 0. The first-order valence-electron chi connectivity index (χ1n) is 4.85. The van der Waals surface area contributed by atoms with E-state index in [2.05, 4.69) is 21.1 Å². The molecule has 8 heteroatoms. The van der Waals surface area contributed by atoms with Crippen molar-refractivity contribution in [3.05, 3.63) is 35.4 Å². The fraction of sp³-hybridized carbons (Fsp3) is 0. The van der Waals surface area contributed by atoms with Gasteiger partial charge in [-0.2, -0.15) is 10.2 Å². The minimum Gasteiger partial charge on any atom is -0.350 e. The van der Waals surface area contributed by atoms with Gasteiger partial charge in [0.1, 0.15) is 0 Å². The van der Waals surface area contributed by atoms with Gasteiger partial charge in [0, 0.05) is 11.1 Å². The molecule has 8 nitrogen and oxygen atoms in total. The molecule has 0 fully saturated rings. The Kier molecular flexibility index (Phi) is 4.85. The van der Waals surface area contributed by atoms with Crippen LogP contribution in [0.1, 0.15) is 11.1 Å². The van der Waals surface area contributed by atoms with E-state index in [0.717, 1.165) is 0 Å². The van der Waals surface area contributed by atoms with Crippen molar-refractivity contribution in [1.82, 2.24) is 10.9 Å². The van der Waals surface area contributed by atoms with Gasteiger partial charge in [-0.05, 0) is 0 Å². The molecule has 0 saturated heterocycles. The predicted octanol–water partition coefficient (Wildman–Crippen LogP) is -0.309. The van der Waals surface area contributed by atoms with Crippen molar-refractivity contribution in [3.63, 3.8) is 0 Å². The van der Waals surface area contributed by atoms with E-state index < -0.39 is 12.1 Å². The van der Waals surface area contributed by atoms with Gasteiger partial charge in [-0.25, -0.2) is 20.4 Å². The zero-order chi connectivity index (χ0) is 13.4. The Labute approximate surface area is 103 Å². The second-order valence-corrected chi connectivity index (χ2v) is 3.10. The Morgan fingerprint density at radius 3 is 1.67 bits per heavy atom. The maximum absolute atomic E-state index is 10.4. The van der Waals surface area contributed by atoms with Crippen LogP contribution in [0.2, 0.25) is 0 Å². The number of nitrogens with zero attached hydrogens (tertiary/aromatic N) is 2. The van der Waals surface area contributed by atoms with E-state index in [1.54, 1.807) is 24.3 Å². The van der Waals surface area contributed by atoms with Crippen LogP contribution in [0.15, 0.2) is 34.5 Å². The first kappa shape index (κ1) is 13.2. The highest BCUT2D eigenvalue weighted by molar-refractivity contribution is 5.94. The molecule has 18 heavy (non-hydrogen) atoms. The molecule has 0 aliphatic rings. The van der Waals surface area contributed by atoms with Crippen molar-refractivity contribution in [2.45, 2.75) is 0 Å². The fourth-order valence-corrected chi connectivity index (χ4v) is 1.08. The first-order valence-corrected chi connectivity index (χ1v) is 4.85. The lowest BCUT2D eigenvalue weighted by Crippen LogP contribution is -2.24. The molecule has 0 atom stereocenters. The molecule has 0 aliphatic heterocycles. The molecule has 0 heterocycles. The van der Waals surface area contributed by atoms with E-state index in [9.17, 15) is 9.59 Å². The van der Waals surface area contributed by atoms with Crippen molar-refractivity contribution in [2.75, 3.05) is 0 Å². The Balaban J connectivity index is 2.79. The molecule has 0 bridgehead atoms. The standard InChI is InChI=1S/C10H12N6O2/c11-9(17)15-13-5-7-3-1-2-4-8(7)6-14-16-10(12)18/h1-6H,(H3,11,15,17)(H3,12,16,18). The van der Waals surface area contributed by atoms with Gasteiger partial charge in [-0.15, -0.1) is 0 Å². The van der Waals surface area contributed by atoms with Crippen LogP contribution in [-0.4, -0.2) is 24.5 Å². The molecule has 0 aliphatic carbocycles. The number of hydrogen-bond donors (Lipinski definition) is 4. The van der Waals surface area contributed by atoms with Crippen LogP contribution in [0.5, 0.6) is 0 Å². The number of hydrogen-bond acceptors (Lipinski definition) is 4. The number of amides is 4. The van der Waals surface area contributed by atoms with Crippen molar-refractivity contribution < 1.29 is 9.59 Å². The van der Waals surface area contributed by atoms with E-state index >= 15 is 0 Å². The second kappa shape index (κ2) is 6.63. The number of nitrogens with two attached hydrogens (primary N) is 2. The highest BCUT2D eigenvalue weighted by Crippen LogP contribution is 2.02. The monoisotopic (exact) mass is 248 g/mol. The van der Waals surface area contributed by atoms with Crippen LogP contribution in [0, 0.1) is 0 Å². The summed E-state index contributed by atoms with van der Waals surface area (Å²) in [5.41, 5.74) is 15.2. The van der Waals surface area contributed by atoms with Gasteiger partial charge in [0.2, 0.25) is 0 Å². The van der Waals surface area contributed by atoms with Gasteiger partial charge < -0.3 is 11.5 Å². The number of hydrazone groups is 2. The quantitative estimate of drug-likeness (QED) is 0.429. The minimum absolute atomic E-state index is 0.682. The minimum atomic E-state index is -0.757. The largest absolute Gasteiger partial charge is 0.350 e. The molecule has 4 amide bonds. The second-order valence-electron chi connectivity index (χ2n) is 3.10. The topological polar surface area (TPSA) is 135 Å². The van der Waals surface area contributed by atoms with Crippen LogP contribution < -0.4 is 22.3 Å². The van der Waals surface area contributed by atoms with Crippen molar-refractivity contribution in [2.24, 2.45) is 21.7 Å². The number of benzene rings is 1. The number of carbonyl (C=O) groups excluding carboxylic acids is 2. The van der Waals surface area contributed by atoms with E-state index in [-0.39, 0.29) is 0 Å². The summed E-state index contributed by atoms with van der Waals surface area (Å²) in [7, 11) is 0. The average molecular weight is 248 g/mol. The van der Waals surface area contributed by atoms with Crippen LogP contribution in [-0.2, 0) is 0 Å². The molecule has 1 aromatic carbocycles. The number of urea groups is 2. The van der Waals surface area contributed by atoms with Crippen molar-refractivity contribution in [1.29, 1.82) is 0 Å². The Morgan fingerprint density at radius 1 is 0.944 bits per heavy atom. The highest BCUT2D eigenvalue weighted by atomic mass is 16.2. The molecular weight excluding hydrogens is 236 g/mol.